The molecule has 2 heteroatoms. The van der Waals surface area contributed by atoms with Crippen LogP contribution in [0.1, 0.15) is 86.0 Å². The number of rotatable bonds is 2. The molecule has 0 heterocycles. The molecule has 1 unspecified atom stereocenters. The molecule has 0 amide bonds. The summed E-state index contributed by atoms with van der Waals surface area (Å²) in [5.41, 5.74) is -0.883. The van der Waals surface area contributed by atoms with Crippen LogP contribution in [0.4, 0.5) is 0 Å². The van der Waals surface area contributed by atoms with Gasteiger partial charge in [-0.05, 0) is 19.3 Å². The van der Waals surface area contributed by atoms with Crippen LogP contribution in [0.25, 0.3) is 0 Å². The Hall–Kier alpha value is -0.0800. The summed E-state index contributed by atoms with van der Waals surface area (Å²) in [6, 6.07) is 0. The molecule has 1 saturated carbocycles. The van der Waals surface area contributed by atoms with Crippen molar-refractivity contribution in [3.63, 3.8) is 0 Å². The highest BCUT2D eigenvalue weighted by molar-refractivity contribution is 4.99. The molecule has 1 aliphatic carbocycles. The Bertz CT molecular complexity index is 170. The third-order valence-corrected chi connectivity index (χ3v) is 3.45. The molecule has 1 aliphatic rings. The predicted molar refractivity (Wildman–Crippen MR) is 75.4 cm³/mol. The fourth-order valence-corrected chi connectivity index (χ4v) is 2.48. The van der Waals surface area contributed by atoms with Crippen LogP contribution in [0, 0.1) is 6.10 Å². The van der Waals surface area contributed by atoms with Crippen molar-refractivity contribution in [3.8, 4) is 0 Å². The molecule has 0 spiro atoms. The van der Waals surface area contributed by atoms with Gasteiger partial charge in [-0.25, -0.2) is 0 Å². The Kier molecular flexibility index (Phi) is 11.2. The zero-order chi connectivity index (χ0) is 11.1. The maximum Gasteiger partial charge on any atom is 0.125 e. The first-order chi connectivity index (χ1) is 7.19. The summed E-state index contributed by atoms with van der Waals surface area (Å²) in [5.74, 6) is 0. The van der Waals surface area contributed by atoms with E-state index >= 15 is 0 Å². The van der Waals surface area contributed by atoms with Crippen LogP contribution in [-0.4, -0.2) is 15.8 Å². The van der Waals surface area contributed by atoms with Crippen LogP contribution in [0.15, 0.2) is 0 Å². The fraction of sp³-hybridized carbons (Fsp3) is 0.933. The molecule has 2 nitrogen and oxygen atoms in total. The molecule has 0 aromatic carbocycles. The maximum absolute atomic E-state index is 10.4. The number of hydrogen-bond donors (Lipinski definition) is 2. The first kappa shape index (κ1) is 19.3. The summed E-state index contributed by atoms with van der Waals surface area (Å²) in [5, 5.41) is 20.3. The summed E-state index contributed by atoms with van der Waals surface area (Å²) in [6.07, 6.45) is 10.4. The quantitative estimate of drug-likeness (QED) is 0.731. The SMILES string of the molecule is C.C.CCCC1(O)CCCCCCCC[C]1O. The highest BCUT2D eigenvalue weighted by Crippen LogP contribution is 2.33. The molecular formula is C15H33O2. The van der Waals surface area contributed by atoms with Crippen molar-refractivity contribution in [2.24, 2.45) is 0 Å². The number of aliphatic hydroxyl groups is 2. The van der Waals surface area contributed by atoms with Gasteiger partial charge in [-0.1, -0.05) is 66.7 Å². The van der Waals surface area contributed by atoms with Gasteiger partial charge in [0.2, 0.25) is 0 Å². The topological polar surface area (TPSA) is 40.5 Å². The molecule has 17 heavy (non-hydrogen) atoms. The van der Waals surface area contributed by atoms with Gasteiger partial charge in [0, 0.05) is 0 Å². The van der Waals surface area contributed by atoms with E-state index in [0.29, 0.717) is 18.9 Å². The van der Waals surface area contributed by atoms with Gasteiger partial charge in [-0.2, -0.15) is 0 Å². The molecule has 0 saturated heterocycles. The Morgan fingerprint density at radius 3 is 2.12 bits per heavy atom. The highest BCUT2D eigenvalue weighted by Gasteiger charge is 2.34. The molecule has 0 aromatic rings. The summed E-state index contributed by atoms with van der Waals surface area (Å²) in [6.45, 7) is 2.06. The van der Waals surface area contributed by atoms with Gasteiger partial charge in [0.15, 0.2) is 0 Å². The summed E-state index contributed by atoms with van der Waals surface area (Å²) in [7, 11) is 0. The Morgan fingerprint density at radius 1 is 1.00 bits per heavy atom. The van der Waals surface area contributed by atoms with Gasteiger partial charge in [0.1, 0.15) is 6.10 Å². The standard InChI is InChI=1S/C13H25O2.2CH4/c1-2-10-13(15)11-8-6-4-3-5-7-9-12(13)14;;/h14-15H,2-11H2,1H3;2*1H4. The van der Waals surface area contributed by atoms with Gasteiger partial charge >= 0.3 is 0 Å². The van der Waals surface area contributed by atoms with Crippen molar-refractivity contribution in [1.29, 1.82) is 0 Å². The second-order valence-corrected chi connectivity index (χ2v) is 4.85. The third-order valence-electron chi connectivity index (χ3n) is 3.45. The van der Waals surface area contributed by atoms with Gasteiger partial charge in [-0.3, -0.25) is 0 Å². The lowest BCUT2D eigenvalue weighted by Crippen LogP contribution is -2.36. The molecule has 0 aliphatic heterocycles. The van der Waals surface area contributed by atoms with Crippen LogP contribution in [-0.2, 0) is 0 Å². The number of aliphatic hydroxyl groups excluding tert-OH is 1. The van der Waals surface area contributed by atoms with Gasteiger partial charge in [0.05, 0.1) is 5.60 Å². The monoisotopic (exact) mass is 245 g/mol. The van der Waals surface area contributed by atoms with Crippen LogP contribution in [0.2, 0.25) is 0 Å². The van der Waals surface area contributed by atoms with Crippen molar-refractivity contribution >= 4 is 0 Å². The highest BCUT2D eigenvalue weighted by atomic mass is 16.3. The van der Waals surface area contributed by atoms with Gasteiger partial charge in [-0.15, -0.1) is 0 Å². The van der Waals surface area contributed by atoms with Crippen molar-refractivity contribution < 1.29 is 10.2 Å². The van der Waals surface area contributed by atoms with E-state index in [4.69, 9.17) is 0 Å². The molecule has 0 aromatic heterocycles. The van der Waals surface area contributed by atoms with Crippen LogP contribution in [0.5, 0.6) is 0 Å². The lowest BCUT2D eigenvalue weighted by Gasteiger charge is -2.33. The molecule has 2 N–H and O–H groups in total. The van der Waals surface area contributed by atoms with E-state index in [1.54, 1.807) is 0 Å². The summed E-state index contributed by atoms with van der Waals surface area (Å²) in [4.78, 5) is 0. The molecular weight excluding hydrogens is 212 g/mol. The van der Waals surface area contributed by atoms with Crippen LogP contribution in [0.3, 0.4) is 0 Å². The minimum atomic E-state index is -0.883. The zero-order valence-electron chi connectivity index (χ0n) is 9.97. The molecule has 105 valence electrons. The van der Waals surface area contributed by atoms with Gasteiger partial charge < -0.3 is 10.2 Å². The van der Waals surface area contributed by atoms with Crippen LogP contribution >= 0.6 is 0 Å². The summed E-state index contributed by atoms with van der Waals surface area (Å²) >= 11 is 0. The van der Waals surface area contributed by atoms with E-state index in [2.05, 4.69) is 6.92 Å². The second-order valence-electron chi connectivity index (χ2n) is 4.85. The van der Waals surface area contributed by atoms with Crippen LogP contribution < -0.4 is 0 Å². The zero-order valence-corrected chi connectivity index (χ0v) is 9.97. The minimum absolute atomic E-state index is 0. The average Bonchev–Trinajstić information content (AvgIpc) is 2.21. The van der Waals surface area contributed by atoms with E-state index < -0.39 is 5.60 Å². The largest absolute Gasteiger partial charge is 0.387 e. The van der Waals surface area contributed by atoms with Crippen molar-refractivity contribution in [2.45, 2.75) is 91.6 Å². The lowest BCUT2D eigenvalue weighted by atomic mass is 9.82. The molecule has 0 bridgehead atoms. The smallest absolute Gasteiger partial charge is 0.125 e. The molecule has 1 rings (SSSR count). The van der Waals surface area contributed by atoms with E-state index in [9.17, 15) is 10.2 Å². The first-order valence-corrected chi connectivity index (χ1v) is 6.46. The molecule has 1 fully saturated rings. The van der Waals surface area contributed by atoms with Gasteiger partial charge in [0.25, 0.3) is 0 Å². The van der Waals surface area contributed by atoms with E-state index in [1.165, 1.54) is 25.7 Å². The predicted octanol–water partition coefficient (Wildman–Crippen LogP) is 4.83. The van der Waals surface area contributed by atoms with Crippen molar-refractivity contribution in [2.75, 3.05) is 0 Å². The van der Waals surface area contributed by atoms with E-state index in [1.807, 2.05) is 0 Å². The normalized spacial score (nSPS) is 27.7. The maximum atomic E-state index is 10.4. The van der Waals surface area contributed by atoms with Crippen molar-refractivity contribution in [3.05, 3.63) is 6.10 Å². The molecule has 1 atom stereocenters. The summed E-state index contributed by atoms with van der Waals surface area (Å²) < 4.78 is 0. The lowest BCUT2D eigenvalue weighted by molar-refractivity contribution is -0.0308. The van der Waals surface area contributed by atoms with E-state index in [0.717, 1.165) is 25.7 Å². The van der Waals surface area contributed by atoms with E-state index in [-0.39, 0.29) is 14.9 Å². The average molecular weight is 245 g/mol. The Labute approximate surface area is 108 Å². The number of hydrogen-bond acceptors (Lipinski definition) is 2. The Morgan fingerprint density at radius 2 is 1.53 bits per heavy atom. The Balaban J connectivity index is 0. The fourth-order valence-electron chi connectivity index (χ4n) is 2.48. The molecule has 1 radical (unpaired) electrons. The first-order valence-electron chi connectivity index (χ1n) is 6.46. The minimum Gasteiger partial charge on any atom is -0.387 e. The van der Waals surface area contributed by atoms with Crippen molar-refractivity contribution in [1.82, 2.24) is 0 Å². The third kappa shape index (κ3) is 6.42. The second kappa shape index (κ2) is 9.90.